The molecule has 0 radical (unpaired) electrons. The van der Waals surface area contributed by atoms with E-state index in [9.17, 15) is 9.59 Å². The van der Waals surface area contributed by atoms with Crippen molar-refractivity contribution in [1.29, 1.82) is 0 Å². The molecule has 0 amide bonds. The predicted molar refractivity (Wildman–Crippen MR) is 54.1 cm³/mol. The zero-order valence-corrected chi connectivity index (χ0v) is 9.02. The Labute approximate surface area is 89.1 Å². The van der Waals surface area contributed by atoms with Crippen LogP contribution in [0.25, 0.3) is 0 Å². The topological polar surface area (TPSA) is 107 Å². The van der Waals surface area contributed by atoms with E-state index in [4.69, 9.17) is 15.3 Å². The number of rotatable bonds is 5. The van der Waals surface area contributed by atoms with E-state index in [1.54, 1.807) is 22.6 Å². The largest absolute Gasteiger partial charge is 0.481 e. The molecule has 0 heterocycles. The van der Waals surface area contributed by atoms with E-state index >= 15 is 0 Å². The SMILES string of the molecule is O=C(O)CI.O=C(O)CNCCO. The summed E-state index contributed by atoms with van der Waals surface area (Å²) in [5.41, 5.74) is 0. The van der Waals surface area contributed by atoms with Gasteiger partial charge in [0.05, 0.1) is 17.6 Å². The maximum absolute atomic E-state index is 9.73. The van der Waals surface area contributed by atoms with Crippen molar-refractivity contribution >= 4 is 34.5 Å². The highest BCUT2D eigenvalue weighted by Crippen LogP contribution is 1.75. The number of nitrogens with one attached hydrogen (secondary N) is 1. The fourth-order valence-corrected chi connectivity index (χ4v) is 0.274. The molecule has 7 heteroatoms. The van der Waals surface area contributed by atoms with Gasteiger partial charge < -0.3 is 20.6 Å². The summed E-state index contributed by atoms with van der Waals surface area (Å²) in [7, 11) is 0. The van der Waals surface area contributed by atoms with Crippen molar-refractivity contribution in [2.24, 2.45) is 0 Å². The Bertz CT molecular complexity index is 152. The Kier molecular flexibility index (Phi) is 13.4. The van der Waals surface area contributed by atoms with Crippen LogP contribution in [0.2, 0.25) is 0 Å². The standard InChI is InChI=1S/C4H9NO3.C2H3IO2/c6-2-1-5-3-4(7)8;3-1-2(4)5/h5-6H,1-3H2,(H,7,8);1H2,(H,4,5). The highest BCUT2D eigenvalue weighted by Gasteiger charge is 1.91. The molecule has 0 saturated heterocycles. The zero-order chi connectivity index (χ0) is 10.7. The molecule has 0 aromatic carbocycles. The van der Waals surface area contributed by atoms with Crippen LogP contribution in [0, 0.1) is 0 Å². The molecule has 0 aromatic heterocycles. The number of carboxylic acid groups (broad SMARTS) is 2. The molecule has 0 bridgehead atoms. The molecule has 4 N–H and O–H groups in total. The summed E-state index contributed by atoms with van der Waals surface area (Å²) >= 11 is 1.78. The average Bonchev–Trinajstić information content (AvgIpc) is 2.05. The Balaban J connectivity index is 0. The summed E-state index contributed by atoms with van der Waals surface area (Å²) in [5, 5.41) is 26.3. The number of alkyl halides is 1. The van der Waals surface area contributed by atoms with Gasteiger partial charge in [0.2, 0.25) is 0 Å². The van der Waals surface area contributed by atoms with Crippen molar-refractivity contribution in [1.82, 2.24) is 5.32 Å². The number of carboxylic acids is 2. The van der Waals surface area contributed by atoms with E-state index in [0.717, 1.165) is 0 Å². The number of carbonyl (C=O) groups is 2. The summed E-state index contributed by atoms with van der Waals surface area (Å²) in [6.07, 6.45) is 0. The smallest absolute Gasteiger partial charge is 0.317 e. The summed E-state index contributed by atoms with van der Waals surface area (Å²) in [6, 6.07) is 0. The van der Waals surface area contributed by atoms with Crippen molar-refractivity contribution in [2.75, 3.05) is 24.1 Å². The lowest BCUT2D eigenvalue weighted by atomic mass is 10.6. The van der Waals surface area contributed by atoms with Gasteiger partial charge in [-0.05, 0) is 0 Å². The molecule has 0 spiro atoms. The third-order valence-electron chi connectivity index (χ3n) is 0.679. The Morgan fingerprint density at radius 3 is 1.92 bits per heavy atom. The number of aliphatic hydroxyl groups excluding tert-OH is 1. The summed E-state index contributed by atoms with van der Waals surface area (Å²) < 4.78 is 0.192. The molecule has 78 valence electrons. The van der Waals surface area contributed by atoms with Crippen LogP contribution < -0.4 is 5.32 Å². The van der Waals surface area contributed by atoms with E-state index in [2.05, 4.69) is 5.32 Å². The lowest BCUT2D eigenvalue weighted by Gasteiger charge is -1.93. The van der Waals surface area contributed by atoms with E-state index < -0.39 is 11.9 Å². The van der Waals surface area contributed by atoms with Crippen LogP contribution in [0.5, 0.6) is 0 Å². The molecule has 0 unspecified atom stereocenters. The second kappa shape index (κ2) is 11.6. The van der Waals surface area contributed by atoms with Crippen LogP contribution in [0.1, 0.15) is 0 Å². The van der Waals surface area contributed by atoms with Crippen LogP contribution in [0.15, 0.2) is 0 Å². The van der Waals surface area contributed by atoms with E-state index in [-0.39, 0.29) is 17.6 Å². The quantitative estimate of drug-likeness (QED) is 0.300. The van der Waals surface area contributed by atoms with Gasteiger partial charge in [0.15, 0.2) is 0 Å². The number of hydrogen-bond donors (Lipinski definition) is 4. The zero-order valence-electron chi connectivity index (χ0n) is 6.86. The second-order valence-corrected chi connectivity index (χ2v) is 2.58. The van der Waals surface area contributed by atoms with Crippen LogP contribution in [0.3, 0.4) is 0 Å². The predicted octanol–water partition coefficient (Wildman–Crippen LogP) is -0.841. The van der Waals surface area contributed by atoms with Crippen molar-refractivity contribution < 1.29 is 24.9 Å². The van der Waals surface area contributed by atoms with Gasteiger partial charge in [-0.1, -0.05) is 22.6 Å². The number of aliphatic hydroxyl groups is 1. The minimum absolute atomic E-state index is 0.0206. The molecule has 0 saturated carbocycles. The molecule has 6 nitrogen and oxygen atoms in total. The van der Waals surface area contributed by atoms with Crippen molar-refractivity contribution in [3.05, 3.63) is 0 Å². The lowest BCUT2D eigenvalue weighted by Crippen LogP contribution is -2.25. The van der Waals surface area contributed by atoms with Gasteiger partial charge in [-0.15, -0.1) is 0 Å². The molecule has 0 atom stereocenters. The fourth-order valence-electron chi connectivity index (χ4n) is 0.274. The molecule has 0 aromatic rings. The van der Waals surface area contributed by atoms with E-state index in [0.29, 0.717) is 6.54 Å². The molecular weight excluding hydrogens is 293 g/mol. The number of halogens is 1. The lowest BCUT2D eigenvalue weighted by molar-refractivity contribution is -0.136. The highest BCUT2D eigenvalue weighted by molar-refractivity contribution is 14.1. The molecule has 13 heavy (non-hydrogen) atoms. The van der Waals surface area contributed by atoms with Crippen LogP contribution in [-0.2, 0) is 9.59 Å². The van der Waals surface area contributed by atoms with Crippen molar-refractivity contribution in [3.63, 3.8) is 0 Å². The van der Waals surface area contributed by atoms with E-state index in [1.807, 2.05) is 0 Å². The second-order valence-electron chi connectivity index (χ2n) is 1.82. The maximum Gasteiger partial charge on any atom is 0.317 e. The summed E-state index contributed by atoms with van der Waals surface area (Å²) in [5.74, 6) is -1.66. The number of aliphatic carboxylic acids is 2. The van der Waals surface area contributed by atoms with Gasteiger partial charge >= 0.3 is 11.9 Å². The van der Waals surface area contributed by atoms with Crippen LogP contribution in [0.4, 0.5) is 0 Å². The molecule has 0 aliphatic heterocycles. The Hall–Kier alpha value is -0.410. The van der Waals surface area contributed by atoms with Crippen molar-refractivity contribution in [2.45, 2.75) is 0 Å². The fraction of sp³-hybridized carbons (Fsp3) is 0.667. The molecule has 0 aliphatic carbocycles. The third-order valence-corrected chi connectivity index (χ3v) is 1.33. The van der Waals surface area contributed by atoms with Gasteiger partial charge in [0, 0.05) is 6.54 Å². The molecule has 0 rings (SSSR count). The monoisotopic (exact) mass is 305 g/mol. The van der Waals surface area contributed by atoms with Crippen molar-refractivity contribution in [3.8, 4) is 0 Å². The van der Waals surface area contributed by atoms with Crippen LogP contribution >= 0.6 is 22.6 Å². The van der Waals surface area contributed by atoms with E-state index in [1.165, 1.54) is 0 Å². The van der Waals surface area contributed by atoms with Gasteiger partial charge in [0.25, 0.3) is 0 Å². The first-order valence-corrected chi connectivity index (χ1v) is 4.88. The minimum Gasteiger partial charge on any atom is -0.481 e. The van der Waals surface area contributed by atoms with Crippen LogP contribution in [-0.4, -0.2) is 51.4 Å². The normalized spacial score (nSPS) is 8.46. The summed E-state index contributed by atoms with van der Waals surface area (Å²) in [4.78, 5) is 19.1. The van der Waals surface area contributed by atoms with Gasteiger partial charge in [-0.3, -0.25) is 9.59 Å². The first kappa shape index (κ1) is 15.1. The highest BCUT2D eigenvalue weighted by atomic mass is 127. The van der Waals surface area contributed by atoms with Gasteiger partial charge in [-0.2, -0.15) is 0 Å². The minimum atomic E-state index is -0.904. The third kappa shape index (κ3) is 24.5. The average molecular weight is 305 g/mol. The first-order chi connectivity index (χ1) is 6.04. The Morgan fingerprint density at radius 2 is 1.69 bits per heavy atom. The van der Waals surface area contributed by atoms with Gasteiger partial charge in [-0.25, -0.2) is 0 Å². The molecular formula is C6H12INO5. The molecule has 0 fully saturated rings. The number of hydrogen-bond acceptors (Lipinski definition) is 4. The molecule has 0 aliphatic rings. The van der Waals surface area contributed by atoms with Gasteiger partial charge in [0.1, 0.15) is 0 Å². The summed E-state index contributed by atoms with van der Waals surface area (Å²) in [6.45, 7) is 0.236. The maximum atomic E-state index is 9.73. The Morgan fingerprint density at radius 1 is 1.23 bits per heavy atom. The first-order valence-electron chi connectivity index (χ1n) is 3.35.